The molecule has 0 fully saturated rings. The molecule has 4 heterocycles. The van der Waals surface area contributed by atoms with Gasteiger partial charge in [-0.25, -0.2) is 4.98 Å². The van der Waals surface area contributed by atoms with E-state index in [0.29, 0.717) is 59.4 Å². The van der Waals surface area contributed by atoms with Gasteiger partial charge in [-0.1, -0.05) is 66.4 Å². The lowest BCUT2D eigenvalue weighted by Crippen LogP contribution is -2.32. The van der Waals surface area contributed by atoms with Gasteiger partial charge in [0.2, 0.25) is 5.69 Å². The van der Waals surface area contributed by atoms with Crippen LogP contribution < -0.4 is 26.2 Å². The number of thiophene rings is 1. The van der Waals surface area contributed by atoms with Crippen LogP contribution >= 0.6 is 11.3 Å². The zero-order valence-corrected chi connectivity index (χ0v) is 48.5. The first kappa shape index (κ1) is 61.3. The van der Waals surface area contributed by atoms with Crippen molar-refractivity contribution in [3.8, 4) is 11.1 Å². The van der Waals surface area contributed by atoms with Crippen molar-refractivity contribution in [2.75, 3.05) is 61.4 Å². The van der Waals surface area contributed by atoms with Crippen LogP contribution in [0.2, 0.25) is 0 Å². The van der Waals surface area contributed by atoms with Crippen molar-refractivity contribution < 1.29 is 62.7 Å². The molecule has 424 valence electrons. The summed E-state index contributed by atoms with van der Waals surface area (Å²) in [5.41, 5.74) is 4.43. The van der Waals surface area contributed by atoms with Crippen molar-refractivity contribution in [2.24, 2.45) is 0 Å². The third-order valence-corrected chi connectivity index (χ3v) is 17.1. The van der Waals surface area contributed by atoms with Gasteiger partial charge in [-0.15, -0.1) is 11.3 Å². The van der Waals surface area contributed by atoms with Gasteiger partial charge in [0.15, 0.2) is 5.71 Å². The Morgan fingerprint density at radius 1 is 0.718 bits per heavy atom. The standard InChI is InChI=1S/C54H71N7O13S4/c1-8-12-13-14-24-60-43-33-36(49(62)56-21-10-3)30-39(50(63)55-11-4)46(43)53(5,6)44(60)17-15-18-45-54(7,20-9-2)40-34-38(48-37(19-26-75-48)47(40)61(45)25-16-27-76(66,67)68)35-31-41(51(64)57-22-28-77(69,70)71)59-42(32-35)52(65)58-23-29-78(72,73)74/h15,17-19,26,30-34H,8-14,16,20-25,27-29H2,1-7H3,(H6-,55,56,57,58,62,63,64,65,66,67,68,69,70,71,72,73,74)/p+1/t54-/m0/s1. The number of nitrogens with zero attached hydrogens (tertiary/aromatic N) is 3. The Labute approximate surface area is 461 Å². The highest BCUT2D eigenvalue weighted by molar-refractivity contribution is 7.86. The Morgan fingerprint density at radius 3 is 1.92 bits per heavy atom. The molecule has 2 aromatic heterocycles. The molecule has 0 spiro atoms. The van der Waals surface area contributed by atoms with Crippen LogP contribution in [0, 0.1) is 0 Å². The number of anilines is 1. The maximum atomic E-state index is 14.0. The van der Waals surface area contributed by atoms with Gasteiger partial charge in [0, 0.05) is 94.5 Å². The maximum Gasteiger partial charge on any atom is 0.269 e. The number of aromatic nitrogens is 1. The molecular weight excluding hydrogens is 1080 g/mol. The van der Waals surface area contributed by atoms with E-state index < -0.39 is 83.3 Å². The van der Waals surface area contributed by atoms with Gasteiger partial charge in [0.25, 0.3) is 54.0 Å². The number of carbonyl (C=O) groups is 4. The fraction of sp³-hybridized carbons (Fsp3) is 0.481. The number of unbranched alkanes of at least 4 members (excludes halogenated alkanes) is 3. The van der Waals surface area contributed by atoms with Crippen LogP contribution in [-0.2, 0) is 41.2 Å². The van der Waals surface area contributed by atoms with Gasteiger partial charge < -0.3 is 26.2 Å². The first-order chi connectivity index (χ1) is 36.7. The van der Waals surface area contributed by atoms with Crippen molar-refractivity contribution >= 4 is 92.5 Å². The lowest BCUT2D eigenvalue weighted by molar-refractivity contribution is -0.435. The molecule has 78 heavy (non-hydrogen) atoms. The van der Waals surface area contributed by atoms with E-state index >= 15 is 0 Å². The maximum absolute atomic E-state index is 14.0. The summed E-state index contributed by atoms with van der Waals surface area (Å²) in [6, 6.07) is 10.3. The molecule has 0 saturated heterocycles. The predicted octanol–water partition coefficient (Wildman–Crippen LogP) is 7.34. The fourth-order valence-corrected chi connectivity index (χ4v) is 12.6. The Hall–Kier alpha value is -5.89. The molecule has 0 radical (unpaired) electrons. The lowest BCUT2D eigenvalue weighted by Gasteiger charge is -2.27. The van der Waals surface area contributed by atoms with Crippen LogP contribution in [0.3, 0.4) is 0 Å². The van der Waals surface area contributed by atoms with Crippen molar-refractivity contribution in [3.05, 3.63) is 99.3 Å². The van der Waals surface area contributed by atoms with Gasteiger partial charge in [-0.3, -0.25) is 32.8 Å². The minimum atomic E-state index is -4.46. The molecule has 20 nitrogen and oxygen atoms in total. The summed E-state index contributed by atoms with van der Waals surface area (Å²) >= 11 is 1.36. The average molecular weight is 1160 g/mol. The molecule has 0 bridgehead atoms. The normalized spacial score (nSPS) is 16.7. The number of allylic oxidation sites excluding steroid dienone is 4. The Balaban J connectivity index is 1.56. The second-order valence-electron chi connectivity index (χ2n) is 20.2. The van der Waals surface area contributed by atoms with Gasteiger partial charge in [0.05, 0.1) is 28.1 Å². The highest BCUT2D eigenvalue weighted by atomic mass is 32.2. The largest absolute Gasteiger partial charge is 0.352 e. The van der Waals surface area contributed by atoms with Crippen molar-refractivity contribution in [1.82, 2.24) is 26.3 Å². The smallest absolute Gasteiger partial charge is 0.269 e. The molecular formula is C54H72N7O13S4+. The Morgan fingerprint density at radius 2 is 1.35 bits per heavy atom. The quantitative estimate of drug-likeness (QED) is 0.0175. The first-order valence-corrected chi connectivity index (χ1v) is 32.0. The van der Waals surface area contributed by atoms with E-state index in [2.05, 4.69) is 63.4 Å². The van der Waals surface area contributed by atoms with E-state index in [1.807, 2.05) is 62.6 Å². The molecule has 4 aromatic rings. The molecule has 2 aromatic carbocycles. The van der Waals surface area contributed by atoms with Crippen molar-refractivity contribution in [1.29, 1.82) is 0 Å². The van der Waals surface area contributed by atoms with E-state index in [1.54, 1.807) is 6.07 Å². The summed E-state index contributed by atoms with van der Waals surface area (Å²) < 4.78 is 102. The van der Waals surface area contributed by atoms with Gasteiger partial charge >= 0.3 is 0 Å². The van der Waals surface area contributed by atoms with Gasteiger partial charge in [-0.05, 0) is 86.5 Å². The third-order valence-electron chi connectivity index (χ3n) is 13.9. The van der Waals surface area contributed by atoms with Crippen molar-refractivity contribution in [2.45, 2.75) is 111 Å². The van der Waals surface area contributed by atoms with Gasteiger partial charge in [-0.2, -0.15) is 29.8 Å². The van der Waals surface area contributed by atoms with Crippen LogP contribution in [0.15, 0.2) is 65.7 Å². The number of rotatable bonds is 27. The minimum Gasteiger partial charge on any atom is -0.352 e. The van der Waals surface area contributed by atoms with Crippen LogP contribution in [0.1, 0.15) is 153 Å². The molecule has 4 amide bonds. The Kier molecular flexibility index (Phi) is 20.0. The molecule has 0 saturated carbocycles. The summed E-state index contributed by atoms with van der Waals surface area (Å²) in [6.07, 6.45) is 11.9. The topological polar surface area (TPSA) is 299 Å². The average Bonchev–Trinajstić information content (AvgIpc) is 4.22. The fourth-order valence-electron chi connectivity index (χ4n) is 10.4. The number of benzene rings is 2. The summed E-state index contributed by atoms with van der Waals surface area (Å²) in [7, 11) is -13.3. The molecule has 2 aliphatic heterocycles. The second kappa shape index (κ2) is 25.5. The van der Waals surface area contributed by atoms with E-state index in [-0.39, 0.29) is 36.2 Å². The van der Waals surface area contributed by atoms with Crippen LogP contribution in [-0.4, -0.2) is 134 Å². The number of carbonyl (C=O) groups excluding carboxylic acids is 4. The minimum absolute atomic E-state index is 0.0490. The zero-order valence-electron chi connectivity index (χ0n) is 45.2. The molecule has 1 atom stereocenters. The van der Waals surface area contributed by atoms with E-state index in [4.69, 9.17) is 0 Å². The second-order valence-corrected chi connectivity index (χ2v) is 25.9. The molecule has 7 N–H and O–H groups in total. The highest BCUT2D eigenvalue weighted by Gasteiger charge is 2.49. The molecule has 0 unspecified atom stereocenters. The third kappa shape index (κ3) is 14.5. The molecule has 24 heteroatoms. The summed E-state index contributed by atoms with van der Waals surface area (Å²) in [4.78, 5) is 61.3. The molecule has 2 aliphatic rings. The highest BCUT2D eigenvalue weighted by Crippen LogP contribution is 2.52. The van der Waals surface area contributed by atoms with E-state index in [0.717, 1.165) is 71.4 Å². The number of amides is 4. The van der Waals surface area contributed by atoms with Gasteiger partial charge in [0.1, 0.15) is 17.9 Å². The predicted molar refractivity (Wildman–Crippen MR) is 304 cm³/mol. The van der Waals surface area contributed by atoms with Crippen molar-refractivity contribution in [3.63, 3.8) is 0 Å². The van der Waals surface area contributed by atoms with E-state index in [9.17, 15) is 58.1 Å². The zero-order chi connectivity index (χ0) is 57.4. The molecule has 0 aliphatic carbocycles. The summed E-state index contributed by atoms with van der Waals surface area (Å²) in [6.45, 7) is 14.9. The molecule has 6 rings (SSSR count). The number of pyridine rings is 1. The number of fused-ring (bicyclic) bond motifs is 4. The number of nitrogens with one attached hydrogen (secondary N) is 4. The van der Waals surface area contributed by atoms with Crippen LogP contribution in [0.5, 0.6) is 0 Å². The van der Waals surface area contributed by atoms with E-state index in [1.165, 1.54) is 23.5 Å². The number of hydrogen-bond acceptors (Lipinski definition) is 13. The van der Waals surface area contributed by atoms with Crippen LogP contribution in [0.4, 0.5) is 11.4 Å². The Bertz CT molecular complexity index is 3340. The first-order valence-electron chi connectivity index (χ1n) is 26.2. The summed E-state index contributed by atoms with van der Waals surface area (Å²) in [5, 5.41) is 13.3. The lowest BCUT2D eigenvalue weighted by atomic mass is 9.74. The number of hydrogen-bond donors (Lipinski definition) is 7. The monoisotopic (exact) mass is 1150 g/mol. The summed E-state index contributed by atoms with van der Waals surface area (Å²) in [5.74, 6) is -4.44. The van der Waals surface area contributed by atoms with Crippen LogP contribution in [0.25, 0.3) is 21.2 Å². The SMILES string of the molecule is CCCCCCN1/C(=C/C=C/C2=[N+](CCCS(=O)(=O)O)c3c(cc(-c4cc(C(=O)NCCS(=O)(=O)O)nc(C(=O)NCCS(=O)(=O)O)c4)c4sccc34)[C@]2(C)CCC)C(C)(C)c2c(C(=O)NCC)cc(C(=O)NCCC)cc21.